The van der Waals surface area contributed by atoms with Crippen molar-refractivity contribution in [2.24, 2.45) is 0 Å². The fraction of sp³-hybridized carbons (Fsp3) is 0.667. The number of hydrogen-bond donors (Lipinski definition) is 1. The molecule has 118 valence electrons. The molecule has 0 aliphatic carbocycles. The van der Waals surface area contributed by atoms with E-state index in [1.54, 1.807) is 12.1 Å². The normalized spacial score (nSPS) is 20.9. The lowest BCUT2D eigenvalue weighted by Gasteiger charge is -2.33. The molecule has 1 heterocycles. The van der Waals surface area contributed by atoms with Crippen LogP contribution in [0, 0.1) is 5.82 Å². The molecular weight excluding hydrogens is 265 g/mol. The number of hydrogen-bond acceptors (Lipinski definition) is 2. The minimum atomic E-state index is -0.182. The lowest BCUT2D eigenvalue weighted by atomic mass is 9.93. The molecule has 1 aromatic carbocycles. The van der Waals surface area contributed by atoms with Gasteiger partial charge in [0.2, 0.25) is 0 Å². The van der Waals surface area contributed by atoms with Crippen molar-refractivity contribution in [2.45, 2.75) is 70.9 Å². The molecule has 1 aliphatic rings. The van der Waals surface area contributed by atoms with Crippen LogP contribution in [0.1, 0.15) is 70.4 Å². The highest BCUT2D eigenvalue weighted by atomic mass is 19.1. The van der Waals surface area contributed by atoms with Crippen molar-refractivity contribution in [3.63, 3.8) is 0 Å². The highest BCUT2D eigenvalue weighted by molar-refractivity contribution is 5.38. The number of fused-ring (bicyclic) bond motifs is 1. The average molecular weight is 293 g/mol. The van der Waals surface area contributed by atoms with E-state index in [2.05, 4.69) is 19.2 Å². The Balaban J connectivity index is 1.93. The predicted molar refractivity (Wildman–Crippen MR) is 85.2 cm³/mol. The van der Waals surface area contributed by atoms with Crippen LogP contribution in [0.2, 0.25) is 0 Å². The monoisotopic (exact) mass is 293 g/mol. The molecule has 1 aliphatic heterocycles. The van der Waals surface area contributed by atoms with Crippen LogP contribution in [-0.2, 0) is 0 Å². The standard InChI is InChI=1S/C18H28FNO/c1-3-5-6-7-8-9-15-13-17(20-4-2)16-12-14(19)10-11-18(16)21-15/h10-12,15,17,20H,3-9,13H2,1-2H3. The number of rotatable bonds is 8. The Kier molecular flexibility index (Phi) is 6.50. The summed E-state index contributed by atoms with van der Waals surface area (Å²) in [5.41, 5.74) is 0.971. The minimum absolute atomic E-state index is 0.182. The van der Waals surface area contributed by atoms with Crippen molar-refractivity contribution in [2.75, 3.05) is 6.54 Å². The molecule has 0 fully saturated rings. The molecule has 0 saturated carbocycles. The van der Waals surface area contributed by atoms with Crippen molar-refractivity contribution in [3.05, 3.63) is 29.6 Å². The highest BCUT2D eigenvalue weighted by Gasteiger charge is 2.27. The molecule has 0 bridgehead atoms. The van der Waals surface area contributed by atoms with Gasteiger partial charge in [-0.1, -0.05) is 39.5 Å². The predicted octanol–water partition coefficient (Wildman–Crippen LogP) is 4.99. The van der Waals surface area contributed by atoms with Gasteiger partial charge < -0.3 is 10.1 Å². The maximum absolute atomic E-state index is 13.4. The molecular formula is C18H28FNO. The van der Waals surface area contributed by atoms with E-state index in [1.165, 1.54) is 38.2 Å². The summed E-state index contributed by atoms with van der Waals surface area (Å²) in [7, 11) is 0. The molecule has 1 N–H and O–H groups in total. The molecule has 2 rings (SSSR count). The van der Waals surface area contributed by atoms with Crippen LogP contribution >= 0.6 is 0 Å². The fourth-order valence-corrected chi connectivity index (χ4v) is 3.11. The van der Waals surface area contributed by atoms with E-state index in [4.69, 9.17) is 4.74 Å². The van der Waals surface area contributed by atoms with Gasteiger partial charge in [-0.15, -0.1) is 0 Å². The number of unbranched alkanes of at least 4 members (excludes halogenated alkanes) is 4. The van der Waals surface area contributed by atoms with Crippen molar-refractivity contribution >= 4 is 0 Å². The third-order valence-electron chi connectivity index (χ3n) is 4.22. The lowest BCUT2D eigenvalue weighted by Crippen LogP contribution is -2.33. The van der Waals surface area contributed by atoms with E-state index >= 15 is 0 Å². The summed E-state index contributed by atoms with van der Waals surface area (Å²) in [5.74, 6) is 0.672. The van der Waals surface area contributed by atoms with Gasteiger partial charge in [-0.05, 0) is 37.6 Å². The molecule has 0 amide bonds. The van der Waals surface area contributed by atoms with Gasteiger partial charge in [-0.25, -0.2) is 4.39 Å². The van der Waals surface area contributed by atoms with Crippen molar-refractivity contribution in [3.8, 4) is 5.75 Å². The topological polar surface area (TPSA) is 21.3 Å². The molecule has 2 atom stereocenters. The largest absolute Gasteiger partial charge is 0.490 e. The van der Waals surface area contributed by atoms with Gasteiger partial charge in [0.25, 0.3) is 0 Å². The van der Waals surface area contributed by atoms with Crippen LogP contribution < -0.4 is 10.1 Å². The zero-order valence-corrected chi connectivity index (χ0v) is 13.3. The Morgan fingerprint density at radius 2 is 2.00 bits per heavy atom. The second-order valence-electron chi connectivity index (χ2n) is 5.97. The summed E-state index contributed by atoms with van der Waals surface area (Å²) < 4.78 is 19.5. The smallest absolute Gasteiger partial charge is 0.124 e. The van der Waals surface area contributed by atoms with E-state index in [1.807, 2.05) is 0 Å². The van der Waals surface area contributed by atoms with Crippen LogP contribution in [0.3, 0.4) is 0 Å². The fourth-order valence-electron chi connectivity index (χ4n) is 3.11. The zero-order chi connectivity index (χ0) is 15.1. The van der Waals surface area contributed by atoms with Crippen LogP contribution in [0.4, 0.5) is 4.39 Å². The molecule has 0 radical (unpaired) electrons. The average Bonchev–Trinajstić information content (AvgIpc) is 2.48. The van der Waals surface area contributed by atoms with Gasteiger partial charge in [0.05, 0.1) is 0 Å². The molecule has 0 aromatic heterocycles. The zero-order valence-electron chi connectivity index (χ0n) is 13.3. The van der Waals surface area contributed by atoms with E-state index in [0.717, 1.165) is 30.7 Å². The van der Waals surface area contributed by atoms with E-state index in [0.29, 0.717) is 0 Å². The molecule has 2 nitrogen and oxygen atoms in total. The van der Waals surface area contributed by atoms with E-state index in [-0.39, 0.29) is 18.0 Å². The first-order chi connectivity index (χ1) is 10.2. The van der Waals surface area contributed by atoms with Crippen molar-refractivity contribution in [1.29, 1.82) is 0 Å². The molecule has 21 heavy (non-hydrogen) atoms. The molecule has 2 unspecified atom stereocenters. The van der Waals surface area contributed by atoms with Crippen molar-refractivity contribution in [1.82, 2.24) is 5.32 Å². The number of ether oxygens (including phenoxy) is 1. The molecule has 0 saturated heterocycles. The number of halogens is 1. The van der Waals surface area contributed by atoms with Gasteiger partial charge in [-0.2, -0.15) is 0 Å². The third-order valence-corrected chi connectivity index (χ3v) is 4.22. The summed E-state index contributed by atoms with van der Waals surface area (Å²) >= 11 is 0. The maximum atomic E-state index is 13.4. The van der Waals surface area contributed by atoms with E-state index < -0.39 is 0 Å². The second-order valence-corrected chi connectivity index (χ2v) is 5.97. The van der Waals surface area contributed by atoms with Crippen molar-refractivity contribution < 1.29 is 9.13 Å². The highest BCUT2D eigenvalue weighted by Crippen LogP contribution is 2.36. The Morgan fingerprint density at radius 1 is 1.19 bits per heavy atom. The lowest BCUT2D eigenvalue weighted by molar-refractivity contribution is 0.138. The first-order valence-electron chi connectivity index (χ1n) is 8.44. The summed E-state index contributed by atoms with van der Waals surface area (Å²) in [5, 5.41) is 3.46. The Morgan fingerprint density at radius 3 is 2.76 bits per heavy atom. The summed E-state index contributed by atoms with van der Waals surface area (Å²) in [6.07, 6.45) is 8.74. The summed E-state index contributed by atoms with van der Waals surface area (Å²) in [6.45, 7) is 5.22. The van der Waals surface area contributed by atoms with Gasteiger partial charge >= 0.3 is 0 Å². The molecule has 1 aromatic rings. The molecule has 3 heteroatoms. The minimum Gasteiger partial charge on any atom is -0.490 e. The van der Waals surface area contributed by atoms with Crippen LogP contribution in [0.15, 0.2) is 18.2 Å². The third kappa shape index (κ3) is 4.70. The van der Waals surface area contributed by atoms with E-state index in [9.17, 15) is 4.39 Å². The first kappa shape index (κ1) is 16.3. The maximum Gasteiger partial charge on any atom is 0.124 e. The Labute approximate surface area is 128 Å². The van der Waals surface area contributed by atoms with Gasteiger partial charge in [0.15, 0.2) is 0 Å². The van der Waals surface area contributed by atoms with Gasteiger partial charge in [-0.3, -0.25) is 0 Å². The second kappa shape index (κ2) is 8.38. The number of nitrogens with one attached hydrogen (secondary N) is 1. The van der Waals surface area contributed by atoms with Crippen LogP contribution in [-0.4, -0.2) is 12.6 Å². The first-order valence-corrected chi connectivity index (χ1v) is 8.44. The molecule has 0 spiro atoms. The van der Waals surface area contributed by atoms with Gasteiger partial charge in [0, 0.05) is 18.0 Å². The quantitative estimate of drug-likeness (QED) is 0.682. The summed E-state index contributed by atoms with van der Waals surface area (Å²) in [4.78, 5) is 0. The van der Waals surface area contributed by atoms with Crippen LogP contribution in [0.5, 0.6) is 5.75 Å². The number of benzene rings is 1. The Bertz CT molecular complexity index is 435. The SMILES string of the molecule is CCCCCCCC1CC(NCC)c2cc(F)ccc2O1. The Hall–Kier alpha value is -1.09. The van der Waals surface area contributed by atoms with Gasteiger partial charge in [0.1, 0.15) is 17.7 Å². The summed E-state index contributed by atoms with van der Waals surface area (Å²) in [6, 6.07) is 5.10. The van der Waals surface area contributed by atoms with Crippen LogP contribution in [0.25, 0.3) is 0 Å².